The predicted molar refractivity (Wildman–Crippen MR) is 91.8 cm³/mol. The van der Waals surface area contributed by atoms with Crippen LogP contribution in [0.5, 0.6) is 17.2 Å². The van der Waals surface area contributed by atoms with Gasteiger partial charge in [0.25, 0.3) is 5.91 Å². The second-order valence-corrected chi connectivity index (χ2v) is 5.84. The SMILES string of the molecule is CC[C@@H](Oc1cc(C)ccc1C)C(=O)Nc1ccc2c(c1)OCO2. The Morgan fingerprint density at radius 2 is 1.96 bits per heavy atom. The number of rotatable bonds is 5. The largest absolute Gasteiger partial charge is 0.480 e. The van der Waals surface area contributed by atoms with Crippen molar-refractivity contribution in [1.82, 2.24) is 0 Å². The third-order valence-corrected chi connectivity index (χ3v) is 3.92. The summed E-state index contributed by atoms with van der Waals surface area (Å²) in [5, 5.41) is 2.88. The van der Waals surface area contributed by atoms with Crippen LogP contribution in [0.1, 0.15) is 24.5 Å². The molecule has 1 aliphatic heterocycles. The molecular weight excluding hydrogens is 306 g/mol. The Bertz CT molecular complexity index is 757. The highest BCUT2D eigenvalue weighted by Crippen LogP contribution is 2.34. The third-order valence-electron chi connectivity index (χ3n) is 3.92. The Morgan fingerprint density at radius 3 is 2.75 bits per heavy atom. The first kappa shape index (κ1) is 16.2. The maximum absolute atomic E-state index is 12.5. The first-order chi connectivity index (χ1) is 11.6. The van der Waals surface area contributed by atoms with E-state index in [1.54, 1.807) is 18.2 Å². The van der Waals surface area contributed by atoms with Crippen LogP contribution in [0.25, 0.3) is 0 Å². The Balaban J connectivity index is 1.71. The number of aryl methyl sites for hydroxylation is 2. The highest BCUT2D eigenvalue weighted by molar-refractivity contribution is 5.94. The average Bonchev–Trinajstić information content (AvgIpc) is 3.03. The molecule has 5 heteroatoms. The van der Waals surface area contributed by atoms with E-state index in [4.69, 9.17) is 14.2 Å². The monoisotopic (exact) mass is 327 g/mol. The van der Waals surface area contributed by atoms with Crippen molar-refractivity contribution >= 4 is 11.6 Å². The Labute approximate surface area is 141 Å². The van der Waals surface area contributed by atoms with Crippen LogP contribution in [0.4, 0.5) is 5.69 Å². The van der Waals surface area contributed by atoms with Gasteiger partial charge in [-0.2, -0.15) is 0 Å². The van der Waals surface area contributed by atoms with Crippen LogP contribution in [0.3, 0.4) is 0 Å². The number of amides is 1. The molecule has 1 N–H and O–H groups in total. The molecule has 0 aliphatic carbocycles. The lowest BCUT2D eigenvalue weighted by atomic mass is 10.1. The minimum absolute atomic E-state index is 0.183. The fourth-order valence-electron chi connectivity index (χ4n) is 2.51. The summed E-state index contributed by atoms with van der Waals surface area (Å²) in [6, 6.07) is 11.3. The number of carbonyl (C=O) groups is 1. The second kappa shape index (κ2) is 6.83. The van der Waals surface area contributed by atoms with Crippen molar-refractivity contribution in [1.29, 1.82) is 0 Å². The highest BCUT2D eigenvalue weighted by Gasteiger charge is 2.21. The maximum Gasteiger partial charge on any atom is 0.265 e. The van der Waals surface area contributed by atoms with E-state index in [-0.39, 0.29) is 12.7 Å². The fourth-order valence-corrected chi connectivity index (χ4v) is 2.51. The summed E-state index contributed by atoms with van der Waals surface area (Å²) in [7, 11) is 0. The molecule has 0 radical (unpaired) electrons. The van der Waals surface area contributed by atoms with E-state index in [1.807, 2.05) is 39.0 Å². The normalized spacial score (nSPS) is 13.5. The number of ether oxygens (including phenoxy) is 3. The summed E-state index contributed by atoms with van der Waals surface area (Å²) >= 11 is 0. The molecule has 3 rings (SSSR count). The van der Waals surface area contributed by atoms with Gasteiger partial charge in [0.2, 0.25) is 6.79 Å². The molecule has 1 heterocycles. The molecule has 2 aromatic carbocycles. The van der Waals surface area contributed by atoms with Gasteiger partial charge in [0.15, 0.2) is 17.6 Å². The summed E-state index contributed by atoms with van der Waals surface area (Å²) in [6.45, 7) is 6.10. The van der Waals surface area contributed by atoms with Crippen molar-refractivity contribution in [2.24, 2.45) is 0 Å². The molecule has 24 heavy (non-hydrogen) atoms. The molecule has 1 atom stereocenters. The van der Waals surface area contributed by atoms with Crippen molar-refractivity contribution in [2.75, 3.05) is 12.1 Å². The van der Waals surface area contributed by atoms with Crippen molar-refractivity contribution in [2.45, 2.75) is 33.3 Å². The zero-order chi connectivity index (χ0) is 17.1. The zero-order valence-electron chi connectivity index (χ0n) is 14.1. The van der Waals surface area contributed by atoms with Crippen molar-refractivity contribution in [3.8, 4) is 17.2 Å². The van der Waals surface area contributed by atoms with Gasteiger partial charge in [-0.15, -0.1) is 0 Å². The lowest BCUT2D eigenvalue weighted by molar-refractivity contribution is -0.122. The van der Waals surface area contributed by atoms with Gasteiger partial charge in [0.05, 0.1) is 0 Å². The van der Waals surface area contributed by atoms with Crippen LogP contribution in [-0.4, -0.2) is 18.8 Å². The second-order valence-electron chi connectivity index (χ2n) is 5.84. The minimum atomic E-state index is -0.559. The number of fused-ring (bicyclic) bond motifs is 1. The predicted octanol–water partition coefficient (Wildman–Crippen LogP) is 3.83. The Kier molecular flexibility index (Phi) is 4.60. The molecule has 1 aliphatic rings. The number of carbonyl (C=O) groups excluding carboxylic acids is 1. The quantitative estimate of drug-likeness (QED) is 0.907. The average molecular weight is 327 g/mol. The van der Waals surface area contributed by atoms with E-state index < -0.39 is 6.10 Å². The van der Waals surface area contributed by atoms with E-state index in [1.165, 1.54) is 0 Å². The van der Waals surface area contributed by atoms with Crippen LogP contribution in [0.15, 0.2) is 36.4 Å². The first-order valence-corrected chi connectivity index (χ1v) is 8.01. The lowest BCUT2D eigenvalue weighted by Gasteiger charge is -2.19. The van der Waals surface area contributed by atoms with Gasteiger partial charge in [-0.1, -0.05) is 19.1 Å². The standard InChI is InChI=1S/C19H21NO4/c1-4-15(24-17-9-12(2)5-6-13(17)3)19(21)20-14-7-8-16-18(10-14)23-11-22-16/h5-10,15H,4,11H2,1-3H3,(H,20,21)/t15-/m1/s1. The van der Waals surface area contributed by atoms with Crippen molar-refractivity contribution in [3.63, 3.8) is 0 Å². The molecular formula is C19H21NO4. The topological polar surface area (TPSA) is 56.8 Å². The molecule has 0 aromatic heterocycles. The maximum atomic E-state index is 12.5. The smallest absolute Gasteiger partial charge is 0.265 e. The summed E-state index contributed by atoms with van der Waals surface area (Å²) < 4.78 is 16.5. The molecule has 2 aromatic rings. The van der Waals surface area contributed by atoms with E-state index in [0.29, 0.717) is 23.6 Å². The van der Waals surface area contributed by atoms with Crippen molar-refractivity contribution in [3.05, 3.63) is 47.5 Å². The van der Waals surface area contributed by atoms with Gasteiger partial charge >= 0.3 is 0 Å². The number of nitrogens with one attached hydrogen (secondary N) is 1. The molecule has 0 unspecified atom stereocenters. The summed E-state index contributed by atoms with van der Waals surface area (Å²) in [4.78, 5) is 12.5. The van der Waals surface area contributed by atoms with Gasteiger partial charge in [-0.05, 0) is 49.6 Å². The third kappa shape index (κ3) is 3.45. The number of anilines is 1. The minimum Gasteiger partial charge on any atom is -0.480 e. The Hall–Kier alpha value is -2.69. The number of hydrogen-bond donors (Lipinski definition) is 1. The summed E-state index contributed by atoms with van der Waals surface area (Å²) in [6.07, 6.45) is 0.0139. The van der Waals surface area contributed by atoms with Crippen LogP contribution in [-0.2, 0) is 4.79 Å². The lowest BCUT2D eigenvalue weighted by Crippen LogP contribution is -2.32. The van der Waals surface area contributed by atoms with E-state index in [9.17, 15) is 4.79 Å². The molecule has 0 fully saturated rings. The van der Waals surface area contributed by atoms with E-state index in [0.717, 1.165) is 16.9 Å². The fraction of sp³-hybridized carbons (Fsp3) is 0.316. The number of benzene rings is 2. The van der Waals surface area contributed by atoms with Crippen LogP contribution in [0, 0.1) is 13.8 Å². The van der Waals surface area contributed by atoms with Crippen LogP contribution in [0.2, 0.25) is 0 Å². The molecule has 5 nitrogen and oxygen atoms in total. The highest BCUT2D eigenvalue weighted by atomic mass is 16.7. The molecule has 0 spiro atoms. The van der Waals surface area contributed by atoms with E-state index >= 15 is 0 Å². The van der Waals surface area contributed by atoms with E-state index in [2.05, 4.69) is 5.32 Å². The van der Waals surface area contributed by atoms with Crippen molar-refractivity contribution < 1.29 is 19.0 Å². The van der Waals surface area contributed by atoms with Crippen LogP contribution >= 0.6 is 0 Å². The molecule has 0 bridgehead atoms. The summed E-state index contributed by atoms with van der Waals surface area (Å²) in [5.74, 6) is 1.88. The summed E-state index contributed by atoms with van der Waals surface area (Å²) in [5.41, 5.74) is 2.77. The molecule has 126 valence electrons. The molecule has 0 saturated carbocycles. The van der Waals surface area contributed by atoms with Gasteiger partial charge in [0, 0.05) is 11.8 Å². The first-order valence-electron chi connectivity index (χ1n) is 8.01. The van der Waals surface area contributed by atoms with Gasteiger partial charge in [-0.25, -0.2) is 0 Å². The molecule has 1 amide bonds. The number of hydrogen-bond acceptors (Lipinski definition) is 4. The van der Waals surface area contributed by atoms with Gasteiger partial charge < -0.3 is 19.5 Å². The van der Waals surface area contributed by atoms with Gasteiger partial charge in [-0.3, -0.25) is 4.79 Å². The van der Waals surface area contributed by atoms with Crippen LogP contribution < -0.4 is 19.5 Å². The van der Waals surface area contributed by atoms with Gasteiger partial charge in [0.1, 0.15) is 5.75 Å². The Morgan fingerprint density at radius 1 is 1.17 bits per heavy atom. The zero-order valence-corrected chi connectivity index (χ0v) is 14.1. The molecule has 0 saturated heterocycles.